The molecule has 222 valence electrons. The van der Waals surface area contributed by atoms with Crippen LogP contribution < -0.4 is 4.90 Å². The van der Waals surface area contributed by atoms with Crippen LogP contribution in [0.5, 0.6) is 0 Å². The Labute approximate surface area is 273 Å². The Morgan fingerprint density at radius 3 is 1.94 bits per heavy atom. The Balaban J connectivity index is 1.23. The molecule has 0 N–H and O–H groups in total. The van der Waals surface area contributed by atoms with E-state index in [1.165, 1.54) is 54.6 Å². The smallest absolute Gasteiger partial charge is 0.137 e. The molecule has 2 nitrogen and oxygen atoms in total. The SMILES string of the molecule is CC1(C)c2c(ccc3cc(N(c4ccccc4)c4cccc5oc6ccccc6c45)ccc23)-c2c1c1ccccc1c1ccccc21. The van der Waals surface area contributed by atoms with Crippen LogP contribution in [0.3, 0.4) is 0 Å². The van der Waals surface area contributed by atoms with E-state index < -0.39 is 0 Å². The maximum atomic E-state index is 6.32. The molecule has 0 unspecified atom stereocenters. The summed E-state index contributed by atoms with van der Waals surface area (Å²) in [5.41, 5.74) is 10.5. The summed E-state index contributed by atoms with van der Waals surface area (Å²) >= 11 is 0. The van der Waals surface area contributed by atoms with E-state index in [9.17, 15) is 0 Å². The topological polar surface area (TPSA) is 16.4 Å². The molecule has 0 atom stereocenters. The van der Waals surface area contributed by atoms with E-state index in [-0.39, 0.29) is 5.41 Å². The molecule has 47 heavy (non-hydrogen) atoms. The van der Waals surface area contributed by atoms with Gasteiger partial charge in [-0.2, -0.15) is 0 Å². The second kappa shape index (κ2) is 9.57. The summed E-state index contributed by atoms with van der Waals surface area (Å²) in [5, 5.41) is 10.1. The van der Waals surface area contributed by atoms with Gasteiger partial charge in [-0.25, -0.2) is 0 Å². The number of para-hydroxylation sites is 2. The van der Waals surface area contributed by atoms with Gasteiger partial charge in [-0.1, -0.05) is 123 Å². The first-order valence-corrected chi connectivity index (χ1v) is 16.4. The van der Waals surface area contributed by atoms with Crippen molar-refractivity contribution in [1.82, 2.24) is 0 Å². The molecule has 1 heterocycles. The lowest BCUT2D eigenvalue weighted by Gasteiger charge is -2.28. The third-order valence-corrected chi connectivity index (χ3v) is 10.3. The first kappa shape index (κ1) is 26.4. The number of nitrogens with zero attached hydrogens (tertiary/aromatic N) is 1. The van der Waals surface area contributed by atoms with Crippen molar-refractivity contribution in [3.63, 3.8) is 0 Å². The minimum Gasteiger partial charge on any atom is -0.456 e. The van der Waals surface area contributed by atoms with Gasteiger partial charge in [0, 0.05) is 22.2 Å². The number of furan rings is 1. The number of fused-ring (bicyclic) bond motifs is 13. The normalized spacial score (nSPS) is 13.5. The lowest BCUT2D eigenvalue weighted by Crippen LogP contribution is -2.16. The zero-order valence-corrected chi connectivity index (χ0v) is 26.3. The first-order valence-electron chi connectivity index (χ1n) is 16.4. The van der Waals surface area contributed by atoms with Gasteiger partial charge in [0.2, 0.25) is 0 Å². The van der Waals surface area contributed by atoms with Crippen LogP contribution >= 0.6 is 0 Å². The van der Waals surface area contributed by atoms with E-state index in [4.69, 9.17) is 4.42 Å². The van der Waals surface area contributed by atoms with Crippen LogP contribution in [-0.4, -0.2) is 0 Å². The van der Waals surface area contributed by atoms with Crippen molar-refractivity contribution < 1.29 is 4.42 Å². The van der Waals surface area contributed by atoms with E-state index in [1.54, 1.807) is 0 Å². The third-order valence-electron chi connectivity index (χ3n) is 10.3. The molecule has 2 heteroatoms. The largest absolute Gasteiger partial charge is 0.456 e. The van der Waals surface area contributed by atoms with E-state index in [2.05, 4.69) is 164 Å². The zero-order valence-electron chi connectivity index (χ0n) is 26.3. The highest BCUT2D eigenvalue weighted by atomic mass is 16.3. The molecule has 0 saturated carbocycles. The monoisotopic (exact) mass is 601 g/mol. The molecule has 0 bridgehead atoms. The van der Waals surface area contributed by atoms with Crippen LogP contribution in [0.4, 0.5) is 17.1 Å². The molecular formula is C45H31NO. The highest BCUT2D eigenvalue weighted by Crippen LogP contribution is 2.56. The molecule has 0 radical (unpaired) electrons. The standard InChI is InChI=1S/C45H31NO/c1-45(2)43-31-26-24-30(46(29-13-4-3-5-14-29)38-20-12-22-40-42(38)36-19-10-11-21-39(36)47-40)27-28(31)23-25-37(43)41-34-17-8-6-15-32(34)33-16-7-9-18-35(33)44(41)45/h3-27H,1-2H3. The molecule has 0 spiro atoms. The van der Waals surface area contributed by atoms with E-state index in [0.29, 0.717) is 0 Å². The Morgan fingerprint density at radius 2 is 1.13 bits per heavy atom. The highest BCUT2D eigenvalue weighted by Gasteiger charge is 2.39. The molecule has 10 rings (SSSR count). The van der Waals surface area contributed by atoms with E-state index in [0.717, 1.165) is 39.0 Å². The molecule has 0 saturated heterocycles. The highest BCUT2D eigenvalue weighted by molar-refractivity contribution is 6.20. The maximum absolute atomic E-state index is 6.32. The summed E-state index contributed by atoms with van der Waals surface area (Å²) in [6.07, 6.45) is 0. The molecular weight excluding hydrogens is 571 g/mol. The predicted molar refractivity (Wildman–Crippen MR) is 198 cm³/mol. The number of rotatable bonds is 3. The zero-order chi connectivity index (χ0) is 31.3. The van der Waals surface area contributed by atoms with Crippen LogP contribution in [0.25, 0.3) is 65.4 Å². The van der Waals surface area contributed by atoms with Crippen LogP contribution in [0, 0.1) is 0 Å². The Hall–Kier alpha value is -5.86. The Bertz CT molecular complexity index is 2720. The van der Waals surface area contributed by atoms with Gasteiger partial charge in [0.05, 0.1) is 11.1 Å². The van der Waals surface area contributed by atoms with Crippen LogP contribution in [0.15, 0.2) is 156 Å². The molecule has 0 fully saturated rings. The number of hydrogen-bond acceptors (Lipinski definition) is 2. The summed E-state index contributed by atoms with van der Waals surface area (Å²) in [6.45, 7) is 4.82. The molecule has 0 aliphatic heterocycles. The lowest BCUT2D eigenvalue weighted by molar-refractivity contribution is 0.669. The van der Waals surface area contributed by atoms with Gasteiger partial charge in [-0.05, 0) is 97.0 Å². The fourth-order valence-corrected chi connectivity index (χ4v) is 8.48. The third kappa shape index (κ3) is 3.61. The van der Waals surface area contributed by atoms with Crippen molar-refractivity contribution in [2.45, 2.75) is 19.3 Å². The fraction of sp³-hybridized carbons (Fsp3) is 0.0667. The van der Waals surface area contributed by atoms with Crippen molar-refractivity contribution in [1.29, 1.82) is 0 Å². The summed E-state index contributed by atoms with van der Waals surface area (Å²) in [4.78, 5) is 2.37. The van der Waals surface area contributed by atoms with Gasteiger partial charge in [-0.15, -0.1) is 0 Å². The van der Waals surface area contributed by atoms with Gasteiger partial charge in [0.25, 0.3) is 0 Å². The van der Waals surface area contributed by atoms with Gasteiger partial charge in [-0.3, -0.25) is 0 Å². The molecule has 9 aromatic rings. The van der Waals surface area contributed by atoms with Crippen LogP contribution in [0.2, 0.25) is 0 Å². The second-order valence-corrected chi connectivity index (χ2v) is 13.3. The quantitative estimate of drug-likeness (QED) is 0.187. The van der Waals surface area contributed by atoms with Crippen molar-refractivity contribution >= 4 is 71.3 Å². The molecule has 1 aliphatic rings. The van der Waals surface area contributed by atoms with Gasteiger partial charge in [0.15, 0.2) is 0 Å². The Morgan fingerprint density at radius 1 is 0.468 bits per heavy atom. The van der Waals surface area contributed by atoms with Gasteiger partial charge < -0.3 is 9.32 Å². The molecule has 8 aromatic carbocycles. The minimum atomic E-state index is -0.171. The lowest BCUT2D eigenvalue weighted by atomic mass is 9.78. The second-order valence-electron chi connectivity index (χ2n) is 13.3. The summed E-state index contributed by atoms with van der Waals surface area (Å²) in [5.74, 6) is 0. The molecule has 1 aromatic heterocycles. The van der Waals surface area contributed by atoms with Gasteiger partial charge in [0.1, 0.15) is 11.2 Å². The number of anilines is 3. The first-order chi connectivity index (χ1) is 23.1. The van der Waals surface area contributed by atoms with E-state index in [1.807, 2.05) is 6.07 Å². The number of hydrogen-bond donors (Lipinski definition) is 0. The summed E-state index contributed by atoms with van der Waals surface area (Å²) in [7, 11) is 0. The van der Waals surface area contributed by atoms with Crippen molar-refractivity contribution in [2.24, 2.45) is 0 Å². The maximum Gasteiger partial charge on any atom is 0.137 e. The number of benzene rings is 8. The van der Waals surface area contributed by atoms with Crippen molar-refractivity contribution in [2.75, 3.05) is 4.90 Å². The van der Waals surface area contributed by atoms with Crippen molar-refractivity contribution in [3.8, 4) is 11.1 Å². The van der Waals surface area contributed by atoms with Crippen molar-refractivity contribution in [3.05, 3.63) is 163 Å². The van der Waals surface area contributed by atoms with E-state index >= 15 is 0 Å². The summed E-state index contributed by atoms with van der Waals surface area (Å²) in [6, 6.07) is 54.9. The molecule has 1 aliphatic carbocycles. The minimum absolute atomic E-state index is 0.171. The van der Waals surface area contributed by atoms with Gasteiger partial charge >= 0.3 is 0 Å². The molecule has 0 amide bonds. The average molecular weight is 602 g/mol. The summed E-state index contributed by atoms with van der Waals surface area (Å²) < 4.78 is 6.32. The fourth-order valence-electron chi connectivity index (χ4n) is 8.48. The Kier molecular flexibility index (Phi) is 5.37. The van der Waals surface area contributed by atoms with Crippen LogP contribution in [0.1, 0.15) is 25.0 Å². The predicted octanol–water partition coefficient (Wildman–Crippen LogP) is 12.8. The van der Waals surface area contributed by atoms with Crippen LogP contribution in [-0.2, 0) is 5.41 Å². The average Bonchev–Trinajstić information content (AvgIpc) is 3.62.